The Morgan fingerprint density at radius 1 is 1.40 bits per heavy atom. The normalized spacial score (nSPS) is 18.1. The molecule has 110 valence electrons. The Bertz CT molecular complexity index is 514. The predicted octanol–water partition coefficient (Wildman–Crippen LogP) is 3.04. The quantitative estimate of drug-likeness (QED) is 0.899. The summed E-state index contributed by atoms with van der Waals surface area (Å²) in [5.74, 6) is -0.980. The second kappa shape index (κ2) is 5.66. The topological polar surface area (TPSA) is 73.4 Å². The first kappa shape index (κ1) is 15.2. The number of carboxylic acid groups (broad SMARTS) is 1. The molecule has 0 atom stereocenters. The molecule has 1 fully saturated rings. The van der Waals surface area contributed by atoms with Crippen molar-refractivity contribution in [1.82, 2.24) is 9.88 Å². The Kier molecular flexibility index (Phi) is 4.30. The van der Waals surface area contributed by atoms with Crippen LogP contribution in [-0.4, -0.2) is 40.0 Å². The second-order valence-corrected chi connectivity index (χ2v) is 5.86. The number of carbonyl (C=O) groups is 2. The van der Waals surface area contributed by atoms with E-state index in [0.717, 1.165) is 0 Å². The molecule has 1 saturated heterocycles. The van der Waals surface area contributed by atoms with Crippen molar-refractivity contribution in [2.45, 2.75) is 26.2 Å². The van der Waals surface area contributed by atoms with Crippen LogP contribution < -0.4 is 0 Å². The minimum atomic E-state index is -0.780. The van der Waals surface area contributed by atoms with E-state index < -0.39 is 11.4 Å². The molecule has 2 rings (SSSR count). The van der Waals surface area contributed by atoms with Crippen LogP contribution in [0.2, 0.25) is 10.2 Å². The van der Waals surface area contributed by atoms with Gasteiger partial charge in [0.25, 0.3) is 5.91 Å². The van der Waals surface area contributed by atoms with Crippen molar-refractivity contribution in [2.24, 2.45) is 5.41 Å². The van der Waals surface area contributed by atoms with Crippen molar-refractivity contribution >= 4 is 35.1 Å². The zero-order valence-electron chi connectivity index (χ0n) is 11.1. The molecule has 1 aromatic heterocycles. The van der Waals surface area contributed by atoms with Crippen LogP contribution in [-0.2, 0) is 4.79 Å². The summed E-state index contributed by atoms with van der Waals surface area (Å²) in [6.45, 7) is 2.72. The van der Waals surface area contributed by atoms with E-state index in [-0.39, 0.29) is 11.1 Å². The zero-order valence-corrected chi connectivity index (χ0v) is 12.6. The zero-order chi connectivity index (χ0) is 14.9. The fourth-order valence-electron chi connectivity index (χ4n) is 2.55. The van der Waals surface area contributed by atoms with Gasteiger partial charge >= 0.3 is 5.97 Å². The summed E-state index contributed by atoms with van der Waals surface area (Å²) >= 11 is 11.6. The highest BCUT2D eigenvalue weighted by molar-refractivity contribution is 6.41. The van der Waals surface area contributed by atoms with Crippen molar-refractivity contribution in [2.75, 3.05) is 13.1 Å². The lowest BCUT2D eigenvalue weighted by molar-refractivity contribution is -0.152. The first-order valence-corrected chi connectivity index (χ1v) is 7.22. The average Bonchev–Trinajstić information content (AvgIpc) is 2.78. The number of rotatable bonds is 3. The number of aliphatic carboxylic acids is 1. The maximum Gasteiger partial charge on any atom is 0.309 e. The monoisotopic (exact) mass is 318 g/mol. The van der Waals surface area contributed by atoms with Gasteiger partial charge in [-0.3, -0.25) is 9.59 Å². The Hall–Kier alpha value is -1.20. The molecule has 1 aliphatic heterocycles. The number of H-pyrrole nitrogens is 1. The lowest BCUT2D eigenvalue weighted by Gasteiger charge is -2.38. The minimum Gasteiger partial charge on any atom is -0.481 e. The second-order valence-electron chi connectivity index (χ2n) is 5.08. The number of nitrogens with one attached hydrogen (secondary N) is 1. The van der Waals surface area contributed by atoms with E-state index in [2.05, 4.69) is 4.98 Å². The van der Waals surface area contributed by atoms with Gasteiger partial charge in [0.15, 0.2) is 0 Å². The van der Waals surface area contributed by atoms with Crippen molar-refractivity contribution in [3.8, 4) is 0 Å². The number of piperidine rings is 1. The van der Waals surface area contributed by atoms with Crippen molar-refractivity contribution in [3.05, 3.63) is 21.9 Å². The van der Waals surface area contributed by atoms with E-state index in [1.54, 1.807) is 4.90 Å². The van der Waals surface area contributed by atoms with E-state index in [1.807, 2.05) is 6.92 Å². The maximum absolute atomic E-state index is 12.3. The van der Waals surface area contributed by atoms with E-state index in [1.165, 1.54) is 6.07 Å². The number of halogens is 2. The Balaban J connectivity index is 2.07. The van der Waals surface area contributed by atoms with E-state index >= 15 is 0 Å². The van der Waals surface area contributed by atoms with Crippen LogP contribution in [0.1, 0.15) is 36.7 Å². The van der Waals surface area contributed by atoms with Gasteiger partial charge in [0.1, 0.15) is 10.8 Å². The van der Waals surface area contributed by atoms with Crippen molar-refractivity contribution < 1.29 is 14.7 Å². The summed E-state index contributed by atoms with van der Waals surface area (Å²) in [4.78, 5) is 28.0. The Morgan fingerprint density at radius 3 is 2.40 bits per heavy atom. The number of aromatic amines is 1. The van der Waals surface area contributed by atoms with Gasteiger partial charge in [-0.05, 0) is 25.3 Å². The van der Waals surface area contributed by atoms with Gasteiger partial charge in [-0.15, -0.1) is 0 Å². The largest absolute Gasteiger partial charge is 0.481 e. The number of carboxylic acids is 1. The third kappa shape index (κ3) is 2.65. The van der Waals surface area contributed by atoms with Crippen molar-refractivity contribution in [1.29, 1.82) is 0 Å². The first-order chi connectivity index (χ1) is 9.39. The van der Waals surface area contributed by atoms with Gasteiger partial charge in [-0.2, -0.15) is 0 Å². The molecule has 1 aromatic rings. The van der Waals surface area contributed by atoms with Gasteiger partial charge in [-0.1, -0.05) is 30.1 Å². The third-order valence-electron chi connectivity index (χ3n) is 4.09. The van der Waals surface area contributed by atoms with Crippen LogP contribution in [0.15, 0.2) is 6.07 Å². The van der Waals surface area contributed by atoms with Crippen LogP contribution in [0.25, 0.3) is 0 Å². The SMILES string of the molecule is CCC1(C(=O)O)CCN(C(=O)c2cc(Cl)c(Cl)[nH]2)CC1. The molecule has 7 heteroatoms. The van der Waals surface area contributed by atoms with Crippen molar-refractivity contribution in [3.63, 3.8) is 0 Å². The average molecular weight is 319 g/mol. The lowest BCUT2D eigenvalue weighted by atomic mass is 9.76. The van der Waals surface area contributed by atoms with Crippen LogP contribution in [0.5, 0.6) is 0 Å². The van der Waals surface area contributed by atoms with Crippen LogP contribution in [0.4, 0.5) is 0 Å². The summed E-state index contributed by atoms with van der Waals surface area (Å²) in [6.07, 6.45) is 1.50. The molecule has 20 heavy (non-hydrogen) atoms. The Labute approximate surface area is 126 Å². The summed E-state index contributed by atoms with van der Waals surface area (Å²) in [7, 11) is 0. The number of hydrogen-bond donors (Lipinski definition) is 2. The maximum atomic E-state index is 12.3. The standard InChI is InChI=1S/C13H16Cl2N2O3/c1-2-13(12(19)20)3-5-17(6-4-13)11(18)9-7-8(14)10(15)16-9/h7,16H,2-6H2,1H3,(H,19,20). The van der Waals surface area contributed by atoms with Gasteiger partial charge < -0.3 is 15.0 Å². The number of likely N-dealkylation sites (tertiary alicyclic amines) is 1. The van der Waals surface area contributed by atoms with Crippen LogP contribution in [0, 0.1) is 5.41 Å². The fourth-order valence-corrected chi connectivity index (χ4v) is 2.86. The van der Waals surface area contributed by atoms with E-state index in [9.17, 15) is 14.7 Å². The molecule has 2 heterocycles. The fraction of sp³-hybridized carbons (Fsp3) is 0.538. The molecule has 2 N–H and O–H groups in total. The van der Waals surface area contributed by atoms with Gasteiger partial charge in [0.05, 0.1) is 10.4 Å². The summed E-state index contributed by atoms with van der Waals surface area (Å²) in [5, 5.41) is 9.87. The highest BCUT2D eigenvalue weighted by atomic mass is 35.5. The summed E-state index contributed by atoms with van der Waals surface area (Å²) in [5.41, 5.74) is -0.374. The Morgan fingerprint density at radius 2 is 2.00 bits per heavy atom. The highest BCUT2D eigenvalue weighted by Crippen LogP contribution is 2.35. The molecular formula is C13H16Cl2N2O3. The number of carbonyl (C=O) groups excluding carboxylic acids is 1. The summed E-state index contributed by atoms with van der Waals surface area (Å²) < 4.78 is 0. The lowest BCUT2D eigenvalue weighted by Crippen LogP contribution is -2.46. The first-order valence-electron chi connectivity index (χ1n) is 6.46. The third-order valence-corrected chi connectivity index (χ3v) is 4.79. The van der Waals surface area contributed by atoms with Crippen LogP contribution in [0.3, 0.4) is 0 Å². The molecule has 1 amide bonds. The van der Waals surface area contributed by atoms with E-state index in [0.29, 0.717) is 43.1 Å². The number of amides is 1. The molecule has 0 radical (unpaired) electrons. The molecule has 0 aromatic carbocycles. The molecule has 5 nitrogen and oxygen atoms in total. The predicted molar refractivity (Wildman–Crippen MR) is 76.3 cm³/mol. The molecule has 0 spiro atoms. The molecule has 1 aliphatic rings. The number of aromatic nitrogens is 1. The molecule has 0 bridgehead atoms. The molecular weight excluding hydrogens is 303 g/mol. The van der Waals surface area contributed by atoms with Gasteiger partial charge in [0.2, 0.25) is 0 Å². The van der Waals surface area contributed by atoms with E-state index in [4.69, 9.17) is 23.2 Å². The molecule has 0 aliphatic carbocycles. The molecule has 0 unspecified atom stereocenters. The summed E-state index contributed by atoms with van der Waals surface area (Å²) in [6, 6.07) is 1.49. The molecule has 0 saturated carbocycles. The van der Waals surface area contributed by atoms with Gasteiger partial charge in [0, 0.05) is 13.1 Å². The highest BCUT2D eigenvalue weighted by Gasteiger charge is 2.41. The number of nitrogens with zero attached hydrogens (tertiary/aromatic N) is 1. The number of hydrogen-bond acceptors (Lipinski definition) is 2. The van der Waals surface area contributed by atoms with Crippen LogP contribution >= 0.6 is 23.2 Å². The smallest absolute Gasteiger partial charge is 0.309 e. The van der Waals surface area contributed by atoms with Gasteiger partial charge in [-0.25, -0.2) is 0 Å². The minimum absolute atomic E-state index is 0.200.